The van der Waals surface area contributed by atoms with Gasteiger partial charge in [-0.25, -0.2) is 4.39 Å². The van der Waals surface area contributed by atoms with Gasteiger partial charge in [-0.2, -0.15) is 13.2 Å². The summed E-state index contributed by atoms with van der Waals surface area (Å²) in [4.78, 5) is 0. The molecule has 2 aromatic carbocycles. The van der Waals surface area contributed by atoms with Gasteiger partial charge in [0.15, 0.2) is 0 Å². The molecule has 26 heavy (non-hydrogen) atoms. The summed E-state index contributed by atoms with van der Waals surface area (Å²) in [7, 11) is 0. The van der Waals surface area contributed by atoms with Crippen LogP contribution in [0.15, 0.2) is 53.9 Å². The summed E-state index contributed by atoms with van der Waals surface area (Å²) in [5, 5.41) is 0.342. The number of halogens is 6. The Hall–Kier alpha value is -1.78. The van der Waals surface area contributed by atoms with E-state index in [1.54, 1.807) is 12.1 Å². The lowest BCUT2D eigenvalue weighted by atomic mass is 9.82. The highest BCUT2D eigenvalue weighted by Crippen LogP contribution is 2.48. The third-order valence-corrected chi connectivity index (χ3v) is 5.05. The zero-order valence-electron chi connectivity index (χ0n) is 13.7. The Bertz CT molecular complexity index is 906. The van der Waals surface area contributed by atoms with E-state index in [0.29, 0.717) is 11.1 Å². The first-order chi connectivity index (χ1) is 12.2. The SMILES string of the molecule is Cc1ccc(C2=C(c3ccc(Cl)c(Cl)c3)C(C(F)(F)F)=C(F)CC2)cc1. The maximum atomic E-state index is 14.3. The van der Waals surface area contributed by atoms with Crippen LogP contribution in [0.25, 0.3) is 11.1 Å². The molecule has 2 aromatic rings. The lowest BCUT2D eigenvalue weighted by molar-refractivity contribution is -0.0891. The molecule has 0 aromatic heterocycles. The molecule has 0 saturated carbocycles. The van der Waals surface area contributed by atoms with E-state index >= 15 is 0 Å². The minimum atomic E-state index is -4.82. The lowest BCUT2D eigenvalue weighted by Crippen LogP contribution is -2.19. The van der Waals surface area contributed by atoms with E-state index in [9.17, 15) is 17.6 Å². The van der Waals surface area contributed by atoms with E-state index in [0.717, 1.165) is 5.56 Å². The van der Waals surface area contributed by atoms with Gasteiger partial charge in [-0.1, -0.05) is 59.1 Å². The lowest BCUT2D eigenvalue weighted by Gasteiger charge is -2.26. The quantitative estimate of drug-likeness (QED) is 0.451. The van der Waals surface area contributed by atoms with Crippen molar-refractivity contribution in [2.24, 2.45) is 0 Å². The van der Waals surface area contributed by atoms with Crippen LogP contribution in [0.5, 0.6) is 0 Å². The summed E-state index contributed by atoms with van der Waals surface area (Å²) in [6.07, 6.45) is -4.94. The van der Waals surface area contributed by atoms with Gasteiger partial charge in [-0.15, -0.1) is 0 Å². The minimum Gasteiger partial charge on any atom is -0.211 e. The van der Waals surface area contributed by atoms with Crippen LogP contribution >= 0.6 is 23.2 Å². The second kappa shape index (κ2) is 7.09. The number of allylic oxidation sites excluding steroid dienone is 4. The maximum Gasteiger partial charge on any atom is 0.419 e. The number of benzene rings is 2. The van der Waals surface area contributed by atoms with E-state index in [1.807, 2.05) is 19.1 Å². The molecule has 1 aliphatic rings. The number of aryl methyl sites for hydroxylation is 1. The van der Waals surface area contributed by atoms with E-state index in [-0.39, 0.29) is 34.0 Å². The zero-order chi connectivity index (χ0) is 19.1. The summed E-state index contributed by atoms with van der Waals surface area (Å²) in [6.45, 7) is 1.89. The van der Waals surface area contributed by atoms with Crippen molar-refractivity contribution in [3.63, 3.8) is 0 Å². The molecule has 0 spiro atoms. The summed E-state index contributed by atoms with van der Waals surface area (Å²) < 4.78 is 55.3. The first-order valence-corrected chi connectivity index (χ1v) is 8.66. The number of hydrogen-bond acceptors (Lipinski definition) is 0. The molecule has 6 heteroatoms. The highest BCUT2D eigenvalue weighted by Gasteiger charge is 2.42. The normalized spacial score (nSPS) is 15.7. The smallest absolute Gasteiger partial charge is 0.211 e. The Morgan fingerprint density at radius 3 is 2.04 bits per heavy atom. The monoisotopic (exact) mass is 400 g/mol. The summed E-state index contributed by atoms with van der Waals surface area (Å²) >= 11 is 11.9. The summed E-state index contributed by atoms with van der Waals surface area (Å²) in [5.41, 5.74) is 0.834. The van der Waals surface area contributed by atoms with Gasteiger partial charge in [0.25, 0.3) is 0 Å². The fourth-order valence-electron chi connectivity index (χ4n) is 3.08. The first-order valence-electron chi connectivity index (χ1n) is 7.90. The first kappa shape index (κ1) is 19.0. The van der Waals surface area contributed by atoms with Gasteiger partial charge in [-0.05, 0) is 42.2 Å². The Morgan fingerprint density at radius 2 is 1.46 bits per heavy atom. The van der Waals surface area contributed by atoms with Crippen molar-refractivity contribution < 1.29 is 17.6 Å². The third-order valence-electron chi connectivity index (χ3n) is 4.31. The average Bonchev–Trinajstić information content (AvgIpc) is 2.57. The van der Waals surface area contributed by atoms with Crippen LogP contribution in [0.3, 0.4) is 0 Å². The van der Waals surface area contributed by atoms with Crippen LogP contribution in [0, 0.1) is 6.92 Å². The number of rotatable bonds is 2. The molecule has 0 aliphatic heterocycles. The van der Waals surface area contributed by atoms with E-state index in [2.05, 4.69) is 0 Å². The predicted octanol–water partition coefficient (Wildman–Crippen LogP) is 7.79. The molecule has 0 bridgehead atoms. The maximum absolute atomic E-state index is 14.3. The van der Waals surface area contributed by atoms with Crippen LogP contribution < -0.4 is 0 Å². The highest BCUT2D eigenvalue weighted by atomic mass is 35.5. The van der Waals surface area contributed by atoms with Gasteiger partial charge >= 0.3 is 6.18 Å². The van der Waals surface area contributed by atoms with Crippen molar-refractivity contribution in [1.82, 2.24) is 0 Å². The van der Waals surface area contributed by atoms with Gasteiger partial charge in [0.1, 0.15) is 5.83 Å². The Labute approximate surface area is 158 Å². The van der Waals surface area contributed by atoms with Gasteiger partial charge in [-0.3, -0.25) is 0 Å². The van der Waals surface area contributed by atoms with Crippen molar-refractivity contribution in [3.8, 4) is 0 Å². The Morgan fingerprint density at radius 1 is 0.846 bits per heavy atom. The van der Waals surface area contributed by atoms with Crippen LogP contribution in [-0.4, -0.2) is 6.18 Å². The Kier molecular flexibility index (Phi) is 5.18. The molecule has 0 atom stereocenters. The van der Waals surface area contributed by atoms with Crippen molar-refractivity contribution in [2.75, 3.05) is 0 Å². The standard InChI is InChI=1S/C20H14Cl2F4/c1-11-2-4-12(5-3-11)14-7-9-17(23)19(20(24,25)26)18(14)13-6-8-15(21)16(22)10-13/h2-6,8,10H,7,9H2,1H3. The van der Waals surface area contributed by atoms with Gasteiger partial charge in [0.05, 0.1) is 15.6 Å². The van der Waals surface area contributed by atoms with Crippen molar-refractivity contribution in [3.05, 3.63) is 80.6 Å². The van der Waals surface area contributed by atoms with E-state index in [4.69, 9.17) is 23.2 Å². The molecule has 0 nitrogen and oxygen atoms in total. The van der Waals surface area contributed by atoms with Gasteiger partial charge in [0, 0.05) is 12.0 Å². The predicted molar refractivity (Wildman–Crippen MR) is 97.9 cm³/mol. The summed E-state index contributed by atoms with van der Waals surface area (Å²) in [6, 6.07) is 11.3. The zero-order valence-corrected chi connectivity index (χ0v) is 15.2. The Balaban J connectivity index is 2.32. The van der Waals surface area contributed by atoms with Crippen LogP contribution in [-0.2, 0) is 0 Å². The molecule has 0 saturated heterocycles. The molecule has 0 fully saturated rings. The molecule has 3 rings (SSSR count). The third kappa shape index (κ3) is 3.67. The van der Waals surface area contributed by atoms with Gasteiger partial charge < -0.3 is 0 Å². The van der Waals surface area contributed by atoms with Crippen LogP contribution in [0.2, 0.25) is 10.0 Å². The molecule has 0 unspecified atom stereocenters. The van der Waals surface area contributed by atoms with Gasteiger partial charge in [0.2, 0.25) is 0 Å². The second-order valence-corrected chi connectivity index (χ2v) is 6.94. The fraction of sp³-hybridized carbons (Fsp3) is 0.200. The average molecular weight is 401 g/mol. The molecule has 0 radical (unpaired) electrons. The van der Waals surface area contributed by atoms with Crippen molar-refractivity contribution in [1.29, 1.82) is 0 Å². The largest absolute Gasteiger partial charge is 0.419 e. The van der Waals surface area contributed by atoms with Crippen LogP contribution in [0.1, 0.15) is 29.5 Å². The van der Waals surface area contributed by atoms with E-state index < -0.39 is 17.6 Å². The topological polar surface area (TPSA) is 0 Å². The molecular weight excluding hydrogens is 387 g/mol. The van der Waals surface area contributed by atoms with Crippen LogP contribution in [0.4, 0.5) is 17.6 Å². The molecule has 0 heterocycles. The fourth-order valence-corrected chi connectivity index (χ4v) is 3.38. The number of alkyl halides is 3. The number of hydrogen-bond donors (Lipinski definition) is 0. The van der Waals surface area contributed by atoms with Crippen molar-refractivity contribution in [2.45, 2.75) is 25.9 Å². The second-order valence-electron chi connectivity index (χ2n) is 6.13. The molecule has 0 N–H and O–H groups in total. The van der Waals surface area contributed by atoms with E-state index in [1.165, 1.54) is 18.2 Å². The molecular formula is C20H14Cl2F4. The molecule has 136 valence electrons. The minimum absolute atomic E-state index is 0.118. The molecule has 1 aliphatic carbocycles. The van der Waals surface area contributed by atoms with Crippen molar-refractivity contribution >= 4 is 34.3 Å². The molecule has 0 amide bonds. The highest BCUT2D eigenvalue weighted by molar-refractivity contribution is 6.42. The summed E-state index contributed by atoms with van der Waals surface area (Å²) in [5.74, 6) is -1.16.